The zero-order chi connectivity index (χ0) is 18.1. The van der Waals surface area contributed by atoms with Crippen molar-refractivity contribution in [3.8, 4) is 5.75 Å². The molecular weight excluding hydrogens is 422 g/mol. The molecule has 1 N–H and O–H groups in total. The van der Waals surface area contributed by atoms with E-state index in [2.05, 4.69) is 36.2 Å². The highest BCUT2D eigenvalue weighted by molar-refractivity contribution is 9.10. The molecule has 1 saturated heterocycles. The Morgan fingerprint density at radius 3 is 3.00 bits per heavy atom. The van der Waals surface area contributed by atoms with Gasteiger partial charge in [0.05, 0.1) is 24.1 Å². The molecule has 1 atom stereocenters. The van der Waals surface area contributed by atoms with Gasteiger partial charge in [0.1, 0.15) is 6.23 Å². The molecule has 136 valence electrons. The van der Waals surface area contributed by atoms with Crippen LogP contribution in [0, 0.1) is 0 Å². The average Bonchev–Trinajstić information content (AvgIpc) is 3.06. The van der Waals surface area contributed by atoms with Crippen molar-refractivity contribution in [2.24, 2.45) is 0 Å². The van der Waals surface area contributed by atoms with E-state index in [1.54, 1.807) is 19.5 Å². The summed E-state index contributed by atoms with van der Waals surface area (Å²) in [4.78, 5) is 13.5. The van der Waals surface area contributed by atoms with Crippen molar-refractivity contribution in [1.82, 2.24) is 19.5 Å². The number of aromatic nitrogens is 4. The number of methoxy groups -OCH3 is 1. The maximum Gasteiger partial charge on any atom is 0.200 e. The summed E-state index contributed by atoms with van der Waals surface area (Å²) >= 11 is 9.60. The molecule has 0 radical (unpaired) electrons. The van der Waals surface area contributed by atoms with E-state index in [1.807, 2.05) is 16.7 Å². The highest BCUT2D eigenvalue weighted by atomic mass is 79.9. The third-order valence-electron chi connectivity index (χ3n) is 4.28. The number of ether oxygens (including phenoxy) is 2. The minimum atomic E-state index is -0.0518. The molecule has 9 heteroatoms. The highest BCUT2D eigenvalue weighted by Gasteiger charge is 2.21. The van der Waals surface area contributed by atoms with Crippen molar-refractivity contribution in [3.05, 3.63) is 34.3 Å². The van der Waals surface area contributed by atoms with Crippen molar-refractivity contribution < 1.29 is 9.47 Å². The van der Waals surface area contributed by atoms with Crippen molar-refractivity contribution in [2.75, 3.05) is 19.0 Å². The second kappa shape index (κ2) is 7.38. The number of benzene rings is 1. The zero-order valence-corrected chi connectivity index (χ0v) is 16.4. The molecule has 7 nitrogen and oxygen atoms in total. The molecule has 26 heavy (non-hydrogen) atoms. The van der Waals surface area contributed by atoms with Crippen LogP contribution in [-0.4, -0.2) is 33.2 Å². The number of imidazole rings is 1. The summed E-state index contributed by atoms with van der Waals surface area (Å²) in [5, 5.41) is 3.77. The lowest BCUT2D eigenvalue weighted by Crippen LogP contribution is -2.17. The predicted octanol–water partition coefficient (Wildman–Crippen LogP) is 4.69. The number of halogens is 2. The maximum atomic E-state index is 6.21. The first-order chi connectivity index (χ1) is 12.7. The topological polar surface area (TPSA) is 74.1 Å². The minimum Gasteiger partial charge on any atom is -0.493 e. The molecule has 1 unspecified atom stereocenters. The first-order valence-corrected chi connectivity index (χ1v) is 9.45. The predicted molar refractivity (Wildman–Crippen MR) is 103 cm³/mol. The van der Waals surface area contributed by atoms with Crippen LogP contribution in [0.1, 0.15) is 25.5 Å². The maximum absolute atomic E-state index is 6.21. The number of hydrogen-bond acceptors (Lipinski definition) is 6. The fourth-order valence-corrected chi connectivity index (χ4v) is 3.67. The minimum absolute atomic E-state index is 0.0518. The SMILES string of the molecule is COc1c(Cl)cccc1Nc1nc(Br)nc2c1ncn2C1CCCCO1. The molecule has 1 aliphatic heterocycles. The fourth-order valence-electron chi connectivity index (χ4n) is 3.07. The van der Waals surface area contributed by atoms with Crippen molar-refractivity contribution in [3.63, 3.8) is 0 Å². The molecule has 4 rings (SSSR count). The number of nitrogens with zero attached hydrogens (tertiary/aromatic N) is 4. The molecule has 0 spiro atoms. The molecule has 1 fully saturated rings. The van der Waals surface area contributed by atoms with Crippen LogP contribution in [0.25, 0.3) is 11.2 Å². The van der Waals surface area contributed by atoms with E-state index in [9.17, 15) is 0 Å². The lowest BCUT2D eigenvalue weighted by atomic mass is 10.2. The largest absolute Gasteiger partial charge is 0.493 e. The monoisotopic (exact) mass is 437 g/mol. The van der Waals surface area contributed by atoms with Crippen LogP contribution in [0.2, 0.25) is 5.02 Å². The van der Waals surface area contributed by atoms with E-state index >= 15 is 0 Å². The fraction of sp³-hybridized carbons (Fsp3) is 0.353. The van der Waals surface area contributed by atoms with Gasteiger partial charge in [-0.25, -0.2) is 15.0 Å². The lowest BCUT2D eigenvalue weighted by Gasteiger charge is -2.23. The molecule has 0 amide bonds. The van der Waals surface area contributed by atoms with Crippen LogP contribution in [0.4, 0.5) is 11.5 Å². The van der Waals surface area contributed by atoms with E-state index in [1.165, 1.54) is 0 Å². The molecule has 0 saturated carbocycles. The van der Waals surface area contributed by atoms with E-state index in [0.29, 0.717) is 38.2 Å². The Balaban J connectivity index is 1.76. The van der Waals surface area contributed by atoms with E-state index in [0.717, 1.165) is 25.9 Å². The smallest absolute Gasteiger partial charge is 0.200 e. The van der Waals surface area contributed by atoms with Crippen LogP contribution in [0.15, 0.2) is 29.3 Å². The molecule has 0 aliphatic carbocycles. The Morgan fingerprint density at radius 1 is 1.35 bits per heavy atom. The average molecular weight is 439 g/mol. The Bertz CT molecular complexity index is 942. The van der Waals surface area contributed by atoms with Gasteiger partial charge in [-0.15, -0.1) is 0 Å². The number of anilines is 2. The molecule has 2 aromatic heterocycles. The zero-order valence-electron chi connectivity index (χ0n) is 14.1. The third kappa shape index (κ3) is 3.24. The van der Waals surface area contributed by atoms with Crippen LogP contribution in [0.3, 0.4) is 0 Å². The summed E-state index contributed by atoms with van der Waals surface area (Å²) in [6.45, 7) is 0.751. The molecule has 3 heterocycles. The molecule has 1 aliphatic rings. The summed E-state index contributed by atoms with van der Waals surface area (Å²) in [7, 11) is 1.58. The van der Waals surface area contributed by atoms with Crippen LogP contribution < -0.4 is 10.1 Å². The molecule has 1 aromatic carbocycles. The van der Waals surface area contributed by atoms with Crippen LogP contribution in [0.5, 0.6) is 5.75 Å². The highest BCUT2D eigenvalue weighted by Crippen LogP contribution is 2.36. The second-order valence-corrected chi connectivity index (χ2v) is 7.05. The first kappa shape index (κ1) is 17.5. The molecule has 3 aromatic rings. The summed E-state index contributed by atoms with van der Waals surface area (Å²) < 4.78 is 13.7. The van der Waals surface area contributed by atoms with Gasteiger partial charge < -0.3 is 14.8 Å². The summed E-state index contributed by atoms with van der Waals surface area (Å²) in [5.41, 5.74) is 2.07. The quantitative estimate of drug-likeness (QED) is 0.596. The third-order valence-corrected chi connectivity index (χ3v) is 4.94. The summed E-state index contributed by atoms with van der Waals surface area (Å²) in [5.74, 6) is 1.11. The van der Waals surface area contributed by atoms with Gasteiger partial charge in [-0.1, -0.05) is 17.7 Å². The number of fused-ring (bicyclic) bond motifs is 1. The Morgan fingerprint density at radius 2 is 2.23 bits per heavy atom. The van der Waals surface area contributed by atoms with E-state index in [4.69, 9.17) is 21.1 Å². The van der Waals surface area contributed by atoms with E-state index < -0.39 is 0 Å². The number of hydrogen-bond donors (Lipinski definition) is 1. The van der Waals surface area contributed by atoms with Gasteiger partial charge in [0, 0.05) is 6.61 Å². The lowest BCUT2D eigenvalue weighted by molar-refractivity contribution is -0.0298. The summed E-state index contributed by atoms with van der Waals surface area (Å²) in [6, 6.07) is 5.48. The van der Waals surface area contributed by atoms with Crippen molar-refractivity contribution in [2.45, 2.75) is 25.5 Å². The van der Waals surface area contributed by atoms with Gasteiger partial charge in [-0.2, -0.15) is 0 Å². The van der Waals surface area contributed by atoms with Crippen molar-refractivity contribution >= 4 is 50.2 Å². The Labute approximate surface area is 163 Å². The molecular formula is C17H17BrClN5O2. The molecule has 0 bridgehead atoms. The Hall–Kier alpha value is -1.90. The van der Waals surface area contributed by atoms with Gasteiger partial charge in [0.15, 0.2) is 22.7 Å². The first-order valence-electron chi connectivity index (χ1n) is 8.28. The number of rotatable bonds is 4. The number of nitrogens with one attached hydrogen (secondary N) is 1. The van der Waals surface area contributed by atoms with Gasteiger partial charge >= 0.3 is 0 Å². The van der Waals surface area contributed by atoms with Crippen molar-refractivity contribution in [1.29, 1.82) is 0 Å². The number of para-hydroxylation sites is 1. The van der Waals surface area contributed by atoms with Gasteiger partial charge in [0.2, 0.25) is 4.73 Å². The normalized spacial score (nSPS) is 17.4. The van der Waals surface area contributed by atoms with Crippen LogP contribution >= 0.6 is 27.5 Å². The van der Waals surface area contributed by atoms with Gasteiger partial charge in [-0.3, -0.25) is 4.57 Å². The second-order valence-electron chi connectivity index (χ2n) is 5.93. The standard InChI is InChI=1S/C17H17BrClN5O2/c1-25-14-10(19)5-4-6-11(14)21-15-13-16(23-17(18)22-15)24(9-20-13)12-7-2-3-8-26-12/h4-6,9,12H,2-3,7-8H2,1H3,(H,21,22,23). The summed E-state index contributed by atoms with van der Waals surface area (Å²) in [6.07, 6.45) is 4.86. The van der Waals surface area contributed by atoms with Gasteiger partial charge in [-0.05, 0) is 47.3 Å². The Kier molecular flexibility index (Phi) is 4.97. The van der Waals surface area contributed by atoms with E-state index in [-0.39, 0.29) is 6.23 Å². The van der Waals surface area contributed by atoms with Crippen LogP contribution in [-0.2, 0) is 4.74 Å². The van der Waals surface area contributed by atoms with Gasteiger partial charge in [0.25, 0.3) is 0 Å².